The van der Waals surface area contributed by atoms with Crippen molar-refractivity contribution in [3.8, 4) is 6.07 Å². The lowest BCUT2D eigenvalue weighted by Crippen LogP contribution is -1.66. The molecule has 0 spiro atoms. The van der Waals surface area contributed by atoms with Gasteiger partial charge < -0.3 is 0 Å². The molecule has 0 bridgehead atoms. The lowest BCUT2D eigenvalue weighted by molar-refractivity contribution is 1.50. The van der Waals surface area contributed by atoms with Crippen LogP contribution in [0.5, 0.6) is 0 Å². The Morgan fingerprint density at radius 1 is 1.67 bits per heavy atom. The first-order valence-corrected chi connectivity index (χ1v) is 3.08. The summed E-state index contributed by atoms with van der Waals surface area (Å²) in [5, 5.41) is 8.23. The third kappa shape index (κ3) is 3.75. The molecule has 0 radical (unpaired) electrons. The van der Waals surface area contributed by atoms with Crippen molar-refractivity contribution in [2.75, 3.05) is 0 Å². The van der Waals surface area contributed by atoms with E-state index in [-0.39, 0.29) is 0 Å². The predicted molar refractivity (Wildman–Crippen MR) is 42.0 cm³/mol. The third-order valence-corrected chi connectivity index (χ3v) is 1.20. The van der Waals surface area contributed by atoms with Crippen molar-refractivity contribution in [2.45, 2.75) is 0 Å². The second-order valence-corrected chi connectivity index (χ2v) is 2.29. The second kappa shape index (κ2) is 4.11. The number of rotatable bonds is 2. The molecule has 0 aliphatic heterocycles. The zero-order valence-electron chi connectivity index (χ0n) is 4.89. The van der Waals surface area contributed by atoms with Crippen LogP contribution in [-0.2, 0) is 0 Å². The van der Waals surface area contributed by atoms with Crippen molar-refractivity contribution < 1.29 is 0 Å². The lowest BCUT2D eigenvalue weighted by atomic mass is 10.3. The quantitative estimate of drug-likeness (QED) is 0.477. The largest absolute Gasteiger partial charge is 0.192 e. The standard InChI is InChI=1S/C7H6BrN/c1-3-7(8)4-6(2)5-9/h3-4H,1-2H2/b7-4+. The summed E-state index contributed by atoms with van der Waals surface area (Å²) in [6.45, 7) is 6.93. The van der Waals surface area contributed by atoms with Crippen LogP contribution in [0.3, 0.4) is 0 Å². The molecule has 0 atom stereocenters. The minimum Gasteiger partial charge on any atom is -0.192 e. The van der Waals surface area contributed by atoms with Crippen LogP contribution in [0, 0.1) is 11.3 Å². The Morgan fingerprint density at radius 3 is 2.56 bits per heavy atom. The molecule has 0 N–H and O–H groups in total. The van der Waals surface area contributed by atoms with E-state index in [1.807, 2.05) is 6.07 Å². The maximum Gasteiger partial charge on any atom is 0.0985 e. The molecule has 0 aliphatic carbocycles. The zero-order valence-corrected chi connectivity index (χ0v) is 6.48. The SMILES string of the molecule is C=C/C(Br)=C\C(=C)C#N. The summed E-state index contributed by atoms with van der Waals surface area (Å²) < 4.78 is 0.772. The van der Waals surface area contributed by atoms with E-state index < -0.39 is 0 Å². The van der Waals surface area contributed by atoms with Crippen LogP contribution in [0.4, 0.5) is 0 Å². The van der Waals surface area contributed by atoms with E-state index in [0.717, 1.165) is 4.48 Å². The van der Waals surface area contributed by atoms with Crippen LogP contribution in [0.2, 0.25) is 0 Å². The lowest BCUT2D eigenvalue weighted by Gasteiger charge is -1.83. The smallest absolute Gasteiger partial charge is 0.0985 e. The van der Waals surface area contributed by atoms with Crippen LogP contribution in [0.15, 0.2) is 35.4 Å². The van der Waals surface area contributed by atoms with Gasteiger partial charge in [0.15, 0.2) is 0 Å². The molecule has 0 aromatic rings. The fourth-order valence-electron chi connectivity index (χ4n) is 0.258. The van der Waals surface area contributed by atoms with Gasteiger partial charge in [0.05, 0.1) is 6.07 Å². The summed E-state index contributed by atoms with van der Waals surface area (Å²) in [6, 6.07) is 1.88. The highest BCUT2D eigenvalue weighted by Gasteiger charge is 1.84. The molecular weight excluding hydrogens is 178 g/mol. The van der Waals surface area contributed by atoms with Crippen molar-refractivity contribution in [1.29, 1.82) is 5.26 Å². The topological polar surface area (TPSA) is 23.8 Å². The average molecular weight is 184 g/mol. The van der Waals surface area contributed by atoms with E-state index in [4.69, 9.17) is 5.26 Å². The van der Waals surface area contributed by atoms with Crippen LogP contribution >= 0.6 is 15.9 Å². The van der Waals surface area contributed by atoms with Gasteiger partial charge in [-0.1, -0.05) is 35.2 Å². The second-order valence-electron chi connectivity index (χ2n) is 1.37. The summed E-state index contributed by atoms with van der Waals surface area (Å²) >= 11 is 3.15. The molecule has 0 saturated carbocycles. The molecule has 9 heavy (non-hydrogen) atoms. The van der Waals surface area contributed by atoms with Crippen molar-refractivity contribution in [3.05, 3.63) is 35.4 Å². The van der Waals surface area contributed by atoms with Gasteiger partial charge in [-0.25, -0.2) is 0 Å². The summed E-state index contributed by atoms with van der Waals surface area (Å²) in [5.74, 6) is 0. The molecule has 46 valence electrons. The van der Waals surface area contributed by atoms with Gasteiger partial charge in [-0.15, -0.1) is 0 Å². The van der Waals surface area contributed by atoms with Gasteiger partial charge in [0.1, 0.15) is 0 Å². The third-order valence-electron chi connectivity index (χ3n) is 0.651. The van der Waals surface area contributed by atoms with Crippen molar-refractivity contribution in [3.63, 3.8) is 0 Å². The molecule has 0 amide bonds. The summed E-state index contributed by atoms with van der Waals surface area (Å²) in [7, 11) is 0. The maximum atomic E-state index is 8.23. The van der Waals surface area contributed by atoms with E-state index in [0.29, 0.717) is 5.57 Å². The van der Waals surface area contributed by atoms with E-state index in [1.54, 1.807) is 12.2 Å². The van der Waals surface area contributed by atoms with E-state index >= 15 is 0 Å². The fraction of sp³-hybridized carbons (Fsp3) is 0. The highest BCUT2D eigenvalue weighted by atomic mass is 79.9. The van der Waals surface area contributed by atoms with Crippen molar-refractivity contribution in [2.24, 2.45) is 0 Å². The minimum absolute atomic E-state index is 0.418. The molecule has 1 nitrogen and oxygen atoms in total. The first kappa shape index (κ1) is 8.19. The normalized spacial score (nSPS) is 10.0. The minimum atomic E-state index is 0.418. The van der Waals surface area contributed by atoms with Crippen LogP contribution in [0.1, 0.15) is 0 Å². The van der Waals surface area contributed by atoms with Gasteiger partial charge in [-0.2, -0.15) is 5.26 Å². The molecule has 0 aromatic carbocycles. The maximum absolute atomic E-state index is 8.23. The molecule has 0 rings (SSSR count). The summed E-state index contributed by atoms with van der Waals surface area (Å²) in [6.07, 6.45) is 3.20. The van der Waals surface area contributed by atoms with Crippen molar-refractivity contribution >= 4 is 15.9 Å². The van der Waals surface area contributed by atoms with Gasteiger partial charge in [0, 0.05) is 10.1 Å². The highest BCUT2D eigenvalue weighted by molar-refractivity contribution is 9.11. The first-order valence-electron chi connectivity index (χ1n) is 2.29. The Kier molecular flexibility index (Phi) is 3.74. The molecule has 0 heterocycles. The van der Waals surface area contributed by atoms with E-state index in [9.17, 15) is 0 Å². The number of hydrogen-bond donors (Lipinski definition) is 0. The van der Waals surface area contributed by atoms with Crippen LogP contribution in [-0.4, -0.2) is 0 Å². The van der Waals surface area contributed by atoms with Gasteiger partial charge in [0.25, 0.3) is 0 Å². The van der Waals surface area contributed by atoms with Gasteiger partial charge >= 0.3 is 0 Å². The Balaban J connectivity index is 4.16. The average Bonchev–Trinajstić information content (AvgIpc) is 1.87. The number of halogens is 1. The molecular formula is C7H6BrN. The Hall–Kier alpha value is -0.810. The first-order chi connectivity index (χ1) is 4.20. The van der Waals surface area contributed by atoms with Gasteiger partial charge in [-0.3, -0.25) is 0 Å². The van der Waals surface area contributed by atoms with Crippen LogP contribution in [0.25, 0.3) is 0 Å². The Bertz CT molecular complexity index is 195. The van der Waals surface area contributed by atoms with E-state index in [1.165, 1.54) is 0 Å². The van der Waals surface area contributed by atoms with Crippen LogP contribution < -0.4 is 0 Å². The number of nitrogens with zero attached hydrogens (tertiary/aromatic N) is 1. The summed E-state index contributed by atoms with van der Waals surface area (Å²) in [5.41, 5.74) is 0.418. The number of allylic oxidation sites excluding steroid dienone is 4. The molecule has 2 heteroatoms. The van der Waals surface area contributed by atoms with E-state index in [2.05, 4.69) is 29.1 Å². The fourth-order valence-corrected chi connectivity index (χ4v) is 0.534. The molecule has 0 fully saturated rings. The monoisotopic (exact) mass is 183 g/mol. The molecule has 0 aromatic heterocycles. The predicted octanol–water partition coefficient (Wildman–Crippen LogP) is 2.53. The molecule has 0 aliphatic rings. The molecule has 0 saturated heterocycles. The van der Waals surface area contributed by atoms with Crippen molar-refractivity contribution in [1.82, 2.24) is 0 Å². The highest BCUT2D eigenvalue weighted by Crippen LogP contribution is 2.07. The number of hydrogen-bond acceptors (Lipinski definition) is 1. The molecule has 0 unspecified atom stereocenters. The van der Waals surface area contributed by atoms with Gasteiger partial charge in [0.2, 0.25) is 0 Å². The Labute approximate surface area is 63.1 Å². The van der Waals surface area contributed by atoms with Gasteiger partial charge in [-0.05, 0) is 6.08 Å². The zero-order chi connectivity index (χ0) is 7.28. The Morgan fingerprint density at radius 2 is 2.22 bits per heavy atom. The summed E-state index contributed by atoms with van der Waals surface area (Å²) in [4.78, 5) is 0. The number of nitriles is 1.